The van der Waals surface area contributed by atoms with Crippen LogP contribution in [-0.2, 0) is 0 Å². The molecule has 0 bridgehead atoms. The first-order valence-corrected chi connectivity index (χ1v) is 6.72. The molecule has 2 aromatic rings. The highest BCUT2D eigenvalue weighted by Gasteiger charge is 2.07. The molecule has 1 N–H and O–H groups in total. The van der Waals surface area contributed by atoms with Gasteiger partial charge < -0.3 is 5.32 Å². The van der Waals surface area contributed by atoms with Crippen molar-refractivity contribution in [2.24, 2.45) is 0 Å². The Morgan fingerprint density at radius 1 is 1.28 bits per heavy atom. The first-order valence-electron chi connectivity index (χ1n) is 5.12. The fourth-order valence-electron chi connectivity index (χ4n) is 1.33. The van der Waals surface area contributed by atoms with E-state index in [0.29, 0.717) is 11.4 Å². The van der Waals surface area contributed by atoms with Crippen LogP contribution in [-0.4, -0.2) is 22.1 Å². The number of aromatic nitrogens is 2. The summed E-state index contributed by atoms with van der Waals surface area (Å²) in [5.74, 6) is 0.0978. The Morgan fingerprint density at radius 3 is 2.61 bits per heavy atom. The molecule has 0 atom stereocenters. The van der Waals surface area contributed by atoms with E-state index in [4.69, 9.17) is 11.6 Å². The second-order valence-electron chi connectivity index (χ2n) is 3.41. The van der Waals surface area contributed by atoms with Crippen molar-refractivity contribution in [1.82, 2.24) is 9.97 Å². The van der Waals surface area contributed by atoms with Crippen molar-refractivity contribution in [2.45, 2.75) is 4.90 Å². The third kappa shape index (κ3) is 3.21. The Hall–Kier alpha value is -1.59. The van der Waals surface area contributed by atoms with Crippen LogP contribution in [0.2, 0.25) is 5.15 Å². The third-order valence-corrected chi connectivity index (χ3v) is 3.12. The molecule has 1 aromatic heterocycles. The lowest BCUT2D eigenvalue weighted by Crippen LogP contribution is -2.13. The van der Waals surface area contributed by atoms with Crippen LogP contribution < -0.4 is 5.32 Å². The second kappa shape index (κ2) is 5.84. The van der Waals surface area contributed by atoms with Gasteiger partial charge in [-0.15, -0.1) is 11.8 Å². The molecule has 2 rings (SSSR count). The summed E-state index contributed by atoms with van der Waals surface area (Å²) in [4.78, 5) is 20.8. The maximum atomic E-state index is 11.9. The fourth-order valence-corrected chi connectivity index (χ4v) is 1.89. The van der Waals surface area contributed by atoms with E-state index >= 15 is 0 Å². The number of carbonyl (C=O) groups is 1. The van der Waals surface area contributed by atoms with Gasteiger partial charge in [-0.1, -0.05) is 11.6 Å². The summed E-state index contributed by atoms with van der Waals surface area (Å²) < 4.78 is 0. The zero-order valence-electron chi connectivity index (χ0n) is 9.55. The first kappa shape index (κ1) is 12.9. The molecule has 0 saturated carbocycles. The number of benzene rings is 1. The first-order chi connectivity index (χ1) is 8.69. The van der Waals surface area contributed by atoms with Gasteiger partial charge in [-0.05, 0) is 30.5 Å². The summed E-state index contributed by atoms with van der Waals surface area (Å²) in [6.07, 6.45) is 4.83. The van der Waals surface area contributed by atoms with Crippen LogP contribution >= 0.6 is 23.4 Å². The number of thioether (sulfide) groups is 1. The number of anilines is 1. The van der Waals surface area contributed by atoms with E-state index in [1.165, 1.54) is 12.4 Å². The number of hydrogen-bond donors (Lipinski definition) is 1. The van der Waals surface area contributed by atoms with Gasteiger partial charge in [-0.2, -0.15) is 0 Å². The van der Waals surface area contributed by atoms with Gasteiger partial charge >= 0.3 is 0 Å². The minimum Gasteiger partial charge on any atom is -0.305 e. The lowest BCUT2D eigenvalue weighted by Gasteiger charge is -2.04. The quantitative estimate of drug-likeness (QED) is 0.877. The molecular weight excluding hydrogens is 270 g/mol. The Morgan fingerprint density at radius 2 is 2.00 bits per heavy atom. The number of halogens is 1. The highest BCUT2D eigenvalue weighted by molar-refractivity contribution is 7.98. The zero-order chi connectivity index (χ0) is 13.0. The number of rotatable bonds is 3. The summed E-state index contributed by atoms with van der Waals surface area (Å²) in [6, 6.07) is 7.31. The molecule has 0 radical (unpaired) electrons. The van der Waals surface area contributed by atoms with Gasteiger partial charge in [-0.25, -0.2) is 4.98 Å². The van der Waals surface area contributed by atoms with E-state index in [1.807, 2.05) is 18.4 Å². The molecule has 0 spiro atoms. The Labute approximate surface area is 114 Å². The van der Waals surface area contributed by atoms with Crippen molar-refractivity contribution >= 4 is 35.1 Å². The van der Waals surface area contributed by atoms with Crippen LogP contribution in [0.3, 0.4) is 0 Å². The predicted molar refractivity (Wildman–Crippen MR) is 73.2 cm³/mol. The van der Waals surface area contributed by atoms with Crippen LogP contribution in [0.1, 0.15) is 10.4 Å². The van der Waals surface area contributed by atoms with Gasteiger partial charge in [0.2, 0.25) is 0 Å². The normalized spacial score (nSPS) is 10.1. The van der Waals surface area contributed by atoms with E-state index in [0.717, 1.165) is 4.90 Å². The predicted octanol–water partition coefficient (Wildman–Crippen LogP) is 3.10. The smallest absolute Gasteiger partial charge is 0.256 e. The molecule has 1 amide bonds. The SMILES string of the molecule is CSc1ccc(C(=O)Nc2cncc(Cl)n2)cc1. The molecule has 0 aliphatic carbocycles. The molecule has 0 fully saturated rings. The van der Waals surface area contributed by atoms with Gasteiger partial charge in [0, 0.05) is 10.5 Å². The van der Waals surface area contributed by atoms with Crippen molar-refractivity contribution in [3.05, 3.63) is 47.4 Å². The van der Waals surface area contributed by atoms with Gasteiger partial charge in [0.15, 0.2) is 5.82 Å². The summed E-state index contributed by atoms with van der Waals surface area (Å²) in [6.45, 7) is 0. The molecule has 92 valence electrons. The lowest BCUT2D eigenvalue weighted by atomic mass is 10.2. The maximum absolute atomic E-state index is 11.9. The Balaban J connectivity index is 2.11. The molecule has 1 aromatic carbocycles. The number of nitrogens with zero attached hydrogens (tertiary/aromatic N) is 2. The average molecular weight is 280 g/mol. The van der Waals surface area contributed by atoms with Crippen molar-refractivity contribution in [1.29, 1.82) is 0 Å². The van der Waals surface area contributed by atoms with Crippen LogP contribution in [0.5, 0.6) is 0 Å². The summed E-state index contributed by atoms with van der Waals surface area (Å²) in [5.41, 5.74) is 0.564. The van der Waals surface area contributed by atoms with Crippen LogP contribution in [0, 0.1) is 0 Å². The number of carbonyl (C=O) groups excluding carboxylic acids is 1. The monoisotopic (exact) mass is 279 g/mol. The molecular formula is C12H10ClN3OS. The molecule has 0 aliphatic rings. The maximum Gasteiger partial charge on any atom is 0.256 e. The second-order valence-corrected chi connectivity index (χ2v) is 4.68. The number of nitrogens with one attached hydrogen (secondary N) is 1. The molecule has 6 heteroatoms. The van der Waals surface area contributed by atoms with Gasteiger partial charge in [0.1, 0.15) is 5.15 Å². The van der Waals surface area contributed by atoms with Gasteiger partial charge in [-0.3, -0.25) is 9.78 Å². The van der Waals surface area contributed by atoms with E-state index in [1.54, 1.807) is 23.9 Å². The van der Waals surface area contributed by atoms with Gasteiger partial charge in [0.25, 0.3) is 5.91 Å². The summed E-state index contributed by atoms with van der Waals surface area (Å²) in [5, 5.41) is 2.87. The zero-order valence-corrected chi connectivity index (χ0v) is 11.1. The lowest BCUT2D eigenvalue weighted by molar-refractivity contribution is 0.102. The Bertz CT molecular complexity index is 560. The van der Waals surface area contributed by atoms with E-state index in [2.05, 4.69) is 15.3 Å². The molecule has 0 saturated heterocycles. The molecule has 4 nitrogen and oxygen atoms in total. The molecule has 0 aliphatic heterocycles. The fraction of sp³-hybridized carbons (Fsp3) is 0.0833. The van der Waals surface area contributed by atoms with E-state index < -0.39 is 0 Å². The molecule has 0 unspecified atom stereocenters. The van der Waals surface area contributed by atoms with Crippen LogP contribution in [0.15, 0.2) is 41.6 Å². The van der Waals surface area contributed by atoms with E-state index in [9.17, 15) is 4.79 Å². The topological polar surface area (TPSA) is 54.9 Å². The highest BCUT2D eigenvalue weighted by atomic mass is 35.5. The standard InChI is InChI=1S/C12H10ClN3OS/c1-18-9-4-2-8(3-5-9)12(17)16-11-7-14-6-10(13)15-11/h2-7H,1H3,(H,15,16,17). The minimum absolute atomic E-state index is 0.237. The highest BCUT2D eigenvalue weighted by Crippen LogP contribution is 2.15. The van der Waals surface area contributed by atoms with Crippen molar-refractivity contribution in [2.75, 3.05) is 11.6 Å². The minimum atomic E-state index is -0.237. The van der Waals surface area contributed by atoms with Crippen molar-refractivity contribution in [3.63, 3.8) is 0 Å². The van der Waals surface area contributed by atoms with Crippen LogP contribution in [0.4, 0.5) is 5.82 Å². The number of hydrogen-bond acceptors (Lipinski definition) is 4. The number of amides is 1. The van der Waals surface area contributed by atoms with Crippen molar-refractivity contribution in [3.8, 4) is 0 Å². The Kier molecular flexibility index (Phi) is 4.17. The molecule has 1 heterocycles. The van der Waals surface area contributed by atoms with E-state index in [-0.39, 0.29) is 11.1 Å². The van der Waals surface area contributed by atoms with Gasteiger partial charge in [0.05, 0.1) is 12.4 Å². The van der Waals surface area contributed by atoms with Crippen molar-refractivity contribution < 1.29 is 4.79 Å². The molecule has 18 heavy (non-hydrogen) atoms. The third-order valence-electron chi connectivity index (χ3n) is 2.20. The summed E-state index contributed by atoms with van der Waals surface area (Å²) in [7, 11) is 0. The summed E-state index contributed by atoms with van der Waals surface area (Å²) >= 11 is 7.31. The largest absolute Gasteiger partial charge is 0.305 e. The van der Waals surface area contributed by atoms with Crippen LogP contribution in [0.25, 0.3) is 0 Å². The average Bonchev–Trinajstić information content (AvgIpc) is 2.39.